The Bertz CT molecular complexity index is 2620. The molecule has 0 saturated carbocycles. The first kappa shape index (κ1) is 29.6. The van der Waals surface area contributed by atoms with Crippen LogP contribution >= 0.6 is 0 Å². The van der Waals surface area contributed by atoms with E-state index in [0.29, 0.717) is 33.5 Å². The van der Waals surface area contributed by atoms with E-state index in [4.69, 9.17) is 0 Å². The lowest BCUT2D eigenvalue weighted by Crippen LogP contribution is -2.36. The third-order valence-corrected chi connectivity index (χ3v) is 8.88. The molecule has 1 amide bonds. The van der Waals surface area contributed by atoms with Crippen LogP contribution < -0.4 is 15.6 Å². The zero-order valence-corrected chi connectivity index (χ0v) is 26.1. The molecule has 6 aromatic carbocycles. The Labute approximate surface area is 281 Å². The van der Waals surface area contributed by atoms with Gasteiger partial charge in [0.15, 0.2) is 0 Å². The smallest absolute Gasteiger partial charge is 0.266 e. The number of allylic oxidation sites excluding steroid dienone is 4. The van der Waals surface area contributed by atoms with Crippen molar-refractivity contribution in [1.29, 1.82) is 0 Å². The number of carbonyl (C=O) groups excluding carboxylic acids is 2. The number of anilines is 2. The van der Waals surface area contributed by atoms with Gasteiger partial charge >= 0.3 is 0 Å². The van der Waals surface area contributed by atoms with E-state index in [0.717, 1.165) is 21.5 Å². The predicted octanol–water partition coefficient (Wildman–Crippen LogP) is 8.43. The Balaban J connectivity index is 1.22. The maximum Gasteiger partial charge on any atom is 0.266 e. The van der Waals surface area contributed by atoms with E-state index >= 15 is 0 Å². The molecule has 0 fully saturated rings. The molecule has 2 heterocycles. The van der Waals surface area contributed by atoms with Crippen LogP contribution in [0.5, 0.6) is 5.75 Å². The number of carbonyl (C=O) groups is 2. The Morgan fingerprint density at radius 3 is 1.92 bits per heavy atom. The van der Waals surface area contributed by atoms with E-state index < -0.39 is 11.5 Å². The van der Waals surface area contributed by atoms with Gasteiger partial charge in [-0.2, -0.15) is 0 Å². The molecule has 0 N–H and O–H groups in total. The van der Waals surface area contributed by atoms with Gasteiger partial charge in [-0.15, -0.1) is 0 Å². The Morgan fingerprint density at radius 2 is 1.18 bits per heavy atom. The molecule has 6 nitrogen and oxygen atoms in total. The maximum absolute atomic E-state index is 13.9. The van der Waals surface area contributed by atoms with Crippen LogP contribution in [0, 0.1) is 0 Å². The summed E-state index contributed by atoms with van der Waals surface area (Å²) in [4.78, 5) is 43.3. The van der Waals surface area contributed by atoms with Crippen LogP contribution in [0.15, 0.2) is 168 Å². The fourth-order valence-electron chi connectivity index (χ4n) is 6.62. The van der Waals surface area contributed by atoms with Crippen molar-refractivity contribution in [1.82, 2.24) is 4.57 Å². The molecule has 8 rings (SSSR count). The van der Waals surface area contributed by atoms with Crippen molar-refractivity contribution in [3.8, 4) is 11.4 Å². The van der Waals surface area contributed by atoms with Gasteiger partial charge in [-0.05, 0) is 69.4 Å². The highest BCUT2D eigenvalue weighted by Crippen LogP contribution is 2.40. The largest absolute Gasteiger partial charge is 0.871 e. The highest BCUT2D eigenvalue weighted by molar-refractivity contribution is 6.39. The van der Waals surface area contributed by atoms with Crippen molar-refractivity contribution in [3.05, 3.63) is 185 Å². The van der Waals surface area contributed by atoms with Gasteiger partial charge in [-0.3, -0.25) is 23.9 Å². The van der Waals surface area contributed by atoms with Crippen LogP contribution in [0.1, 0.15) is 15.9 Å². The minimum Gasteiger partial charge on any atom is -0.871 e. The summed E-state index contributed by atoms with van der Waals surface area (Å²) in [6, 6.07) is 41.1. The van der Waals surface area contributed by atoms with Gasteiger partial charge < -0.3 is 5.11 Å². The van der Waals surface area contributed by atoms with Crippen LogP contribution in [0.3, 0.4) is 0 Å². The molecule has 1 aliphatic heterocycles. The number of hydrogen-bond donors (Lipinski definition) is 0. The molecule has 1 aliphatic rings. The van der Waals surface area contributed by atoms with Crippen molar-refractivity contribution < 1.29 is 14.7 Å². The lowest BCUT2D eigenvalue weighted by atomic mass is 9.90. The van der Waals surface area contributed by atoms with Crippen molar-refractivity contribution >= 4 is 61.6 Å². The van der Waals surface area contributed by atoms with Gasteiger partial charge in [0.1, 0.15) is 0 Å². The number of para-hydroxylation sites is 2. The molecule has 0 bridgehead atoms. The van der Waals surface area contributed by atoms with Crippen LogP contribution in [-0.4, -0.2) is 16.3 Å². The monoisotopic (exact) mass is 635 g/mol. The molecule has 1 aromatic heterocycles. The predicted molar refractivity (Wildman–Crippen MR) is 195 cm³/mol. The summed E-state index contributed by atoms with van der Waals surface area (Å²) in [5.41, 5.74) is 2.38. The Kier molecular flexibility index (Phi) is 7.31. The molecular weight excluding hydrogens is 608 g/mol. The number of Topliss-reactive ketones (excluding diaryl/α,β-unsaturated/α-hetero) is 1. The highest BCUT2D eigenvalue weighted by atomic mass is 16.3. The molecule has 234 valence electrons. The standard InChI is InChI=1S/C43H28N2O4/c46-40-34(42(48)44(30-16-4-1-5-17-30)36-26-24-28-14-10-12-20-32(28)38(36)40)22-8-3-9-23-35-41(47)39-33-21-13-11-15-29(33)25-27-37(39)45(43(35)49)31-18-6-2-7-19-31/h1-27,46H/p-1/b9-3?,22-8?,35-23-. The first-order valence-electron chi connectivity index (χ1n) is 15.9. The molecule has 0 atom stereocenters. The summed E-state index contributed by atoms with van der Waals surface area (Å²) >= 11 is 0. The van der Waals surface area contributed by atoms with Gasteiger partial charge in [-0.1, -0.05) is 127 Å². The fourth-order valence-corrected chi connectivity index (χ4v) is 6.62. The third kappa shape index (κ3) is 4.94. The van der Waals surface area contributed by atoms with Crippen molar-refractivity contribution in [2.75, 3.05) is 4.90 Å². The number of ketones is 1. The van der Waals surface area contributed by atoms with E-state index in [2.05, 4.69) is 0 Å². The summed E-state index contributed by atoms with van der Waals surface area (Å²) in [5, 5.41) is 17.7. The quantitative estimate of drug-likeness (QED) is 0.0823. The van der Waals surface area contributed by atoms with E-state index in [1.54, 1.807) is 27.7 Å². The molecule has 6 heteroatoms. The fraction of sp³-hybridized carbons (Fsp3) is 0. The molecule has 0 unspecified atom stereocenters. The average molecular weight is 636 g/mol. The van der Waals surface area contributed by atoms with Crippen molar-refractivity contribution in [2.24, 2.45) is 0 Å². The number of aromatic nitrogens is 1. The maximum atomic E-state index is 13.9. The van der Waals surface area contributed by atoms with E-state index in [9.17, 15) is 19.5 Å². The van der Waals surface area contributed by atoms with Crippen LogP contribution in [0.2, 0.25) is 0 Å². The summed E-state index contributed by atoms with van der Waals surface area (Å²) in [6.45, 7) is 0. The zero-order valence-electron chi connectivity index (χ0n) is 26.1. The number of amides is 1. The lowest BCUT2D eigenvalue weighted by Gasteiger charge is -2.30. The second-order valence-electron chi connectivity index (χ2n) is 11.7. The highest BCUT2D eigenvalue weighted by Gasteiger charge is 2.36. The minimum atomic E-state index is -0.443. The molecule has 0 saturated heterocycles. The number of fused-ring (bicyclic) bond motifs is 6. The first-order chi connectivity index (χ1) is 24.0. The van der Waals surface area contributed by atoms with Gasteiger partial charge in [0.05, 0.1) is 22.3 Å². The van der Waals surface area contributed by atoms with E-state index in [-0.39, 0.29) is 22.7 Å². The van der Waals surface area contributed by atoms with Gasteiger partial charge in [0, 0.05) is 16.9 Å². The Morgan fingerprint density at radius 1 is 0.571 bits per heavy atom. The summed E-state index contributed by atoms with van der Waals surface area (Å²) in [7, 11) is 0. The number of benzene rings is 6. The van der Waals surface area contributed by atoms with Crippen LogP contribution in [-0.2, 0) is 4.79 Å². The molecule has 49 heavy (non-hydrogen) atoms. The Hall–Kier alpha value is -6.79. The van der Waals surface area contributed by atoms with Crippen LogP contribution in [0.4, 0.5) is 11.4 Å². The topological polar surface area (TPSA) is 82.4 Å². The van der Waals surface area contributed by atoms with Crippen LogP contribution in [0.25, 0.3) is 44.2 Å². The van der Waals surface area contributed by atoms with Gasteiger partial charge in [0.2, 0.25) is 5.78 Å². The number of pyridine rings is 1. The molecule has 0 spiro atoms. The number of hydrogen-bond acceptors (Lipinski definition) is 4. The molecule has 7 aromatic rings. The van der Waals surface area contributed by atoms with Crippen molar-refractivity contribution in [3.63, 3.8) is 0 Å². The van der Waals surface area contributed by atoms with E-state index in [1.807, 2.05) is 133 Å². The zero-order chi connectivity index (χ0) is 33.5. The van der Waals surface area contributed by atoms with Crippen molar-refractivity contribution in [2.45, 2.75) is 0 Å². The molecule has 0 radical (unpaired) electrons. The SMILES string of the molecule is O=C1/C(=C/C=CC=Cc2c([O-])c3c4ccccc4ccc3n(-c3ccccc3)c2=O)C(=O)N(c2ccccc2)c2ccc3ccccc3c21. The normalized spacial score (nSPS) is 14.2. The summed E-state index contributed by atoms with van der Waals surface area (Å²) in [6.07, 6.45) is 7.75. The van der Waals surface area contributed by atoms with E-state index in [1.165, 1.54) is 12.2 Å². The minimum absolute atomic E-state index is 0.00507. The molecule has 0 aliphatic carbocycles. The van der Waals surface area contributed by atoms with Gasteiger partial charge in [-0.25, -0.2) is 0 Å². The summed E-state index contributed by atoms with van der Waals surface area (Å²) in [5.74, 6) is -1.18. The summed E-state index contributed by atoms with van der Waals surface area (Å²) < 4.78 is 1.56. The molecular formula is C43H27N2O4-. The number of rotatable bonds is 5. The lowest BCUT2D eigenvalue weighted by molar-refractivity contribution is -0.266. The second kappa shape index (κ2) is 12.1. The third-order valence-electron chi connectivity index (χ3n) is 8.88. The van der Waals surface area contributed by atoms with Gasteiger partial charge in [0.25, 0.3) is 11.5 Å². The average Bonchev–Trinajstić information content (AvgIpc) is 3.14. The first-order valence-corrected chi connectivity index (χ1v) is 15.9. The number of nitrogens with zero attached hydrogens (tertiary/aromatic N) is 2. The second-order valence-corrected chi connectivity index (χ2v) is 11.7.